The second-order valence-electron chi connectivity index (χ2n) is 5.38. The van der Waals surface area contributed by atoms with Crippen molar-refractivity contribution in [3.63, 3.8) is 0 Å². The second kappa shape index (κ2) is 8.19. The summed E-state index contributed by atoms with van der Waals surface area (Å²) in [5.74, 6) is 1.39. The molecule has 0 radical (unpaired) electrons. The molecule has 1 aromatic rings. The summed E-state index contributed by atoms with van der Waals surface area (Å²) >= 11 is 5.41. The fourth-order valence-electron chi connectivity index (χ4n) is 2.66. The maximum Gasteiger partial charge on any atom is 0.170 e. The largest absolute Gasteiger partial charge is 0.493 e. The van der Waals surface area contributed by atoms with E-state index in [2.05, 4.69) is 22.5 Å². The van der Waals surface area contributed by atoms with Crippen molar-refractivity contribution in [2.45, 2.75) is 25.8 Å². The Morgan fingerprint density at radius 1 is 1.23 bits per heavy atom. The molecule has 1 fully saturated rings. The predicted molar refractivity (Wildman–Crippen MR) is 94.0 cm³/mol. The number of benzene rings is 1. The van der Waals surface area contributed by atoms with E-state index in [1.54, 1.807) is 14.2 Å². The van der Waals surface area contributed by atoms with Gasteiger partial charge in [-0.2, -0.15) is 0 Å². The van der Waals surface area contributed by atoms with E-state index in [1.165, 1.54) is 0 Å². The van der Waals surface area contributed by atoms with E-state index in [0.29, 0.717) is 22.7 Å². The van der Waals surface area contributed by atoms with Gasteiger partial charge < -0.3 is 25.0 Å². The Morgan fingerprint density at radius 3 is 2.50 bits per heavy atom. The number of rotatable bonds is 5. The third-order valence-corrected chi connectivity index (χ3v) is 4.23. The zero-order valence-corrected chi connectivity index (χ0v) is 14.3. The lowest BCUT2D eigenvalue weighted by molar-refractivity contribution is 0.216. The summed E-state index contributed by atoms with van der Waals surface area (Å²) in [7, 11) is 3.25. The van der Waals surface area contributed by atoms with Crippen LogP contribution in [0.4, 0.5) is 5.69 Å². The number of hydrogen-bond acceptors (Lipinski definition) is 4. The molecule has 122 valence electrons. The molecule has 2 rings (SSSR count). The highest BCUT2D eigenvalue weighted by Crippen LogP contribution is 2.29. The molecule has 1 aromatic carbocycles. The minimum atomic E-state index is 0.447. The molecule has 1 heterocycles. The Labute approximate surface area is 138 Å². The quantitative estimate of drug-likeness (QED) is 0.812. The number of nitrogens with zero attached hydrogens (tertiary/aromatic N) is 1. The molecule has 0 spiro atoms. The van der Waals surface area contributed by atoms with Gasteiger partial charge in [-0.05, 0) is 43.7 Å². The number of nitrogens with one attached hydrogen (secondary N) is 2. The standard InChI is InChI=1S/C16H25N3O2S/c1-4-19-9-7-12(8-10-19)17-16(22)18-13-5-6-14(20-2)15(11-13)21-3/h5-6,11-12H,4,7-10H2,1-3H3,(H2,17,18,22). The van der Waals surface area contributed by atoms with Crippen molar-refractivity contribution in [1.82, 2.24) is 10.2 Å². The first kappa shape index (κ1) is 16.8. The number of anilines is 1. The summed E-state index contributed by atoms with van der Waals surface area (Å²) in [6.07, 6.45) is 2.25. The molecule has 0 atom stereocenters. The third-order valence-electron chi connectivity index (χ3n) is 4.01. The lowest BCUT2D eigenvalue weighted by atomic mass is 10.1. The molecule has 0 saturated carbocycles. The van der Waals surface area contributed by atoms with Gasteiger partial charge >= 0.3 is 0 Å². The maximum absolute atomic E-state index is 5.41. The highest BCUT2D eigenvalue weighted by Gasteiger charge is 2.18. The van der Waals surface area contributed by atoms with Crippen molar-refractivity contribution in [3.05, 3.63) is 18.2 Å². The molecule has 0 aliphatic carbocycles. The van der Waals surface area contributed by atoms with Gasteiger partial charge in [0.2, 0.25) is 0 Å². The summed E-state index contributed by atoms with van der Waals surface area (Å²) in [4.78, 5) is 2.46. The third kappa shape index (κ3) is 4.48. The van der Waals surface area contributed by atoms with Gasteiger partial charge in [-0.1, -0.05) is 6.92 Å². The maximum atomic E-state index is 5.41. The van der Waals surface area contributed by atoms with Crippen LogP contribution in [0.25, 0.3) is 0 Å². The second-order valence-corrected chi connectivity index (χ2v) is 5.79. The number of likely N-dealkylation sites (tertiary alicyclic amines) is 1. The minimum Gasteiger partial charge on any atom is -0.493 e. The fraction of sp³-hybridized carbons (Fsp3) is 0.562. The van der Waals surface area contributed by atoms with Crippen LogP contribution in [0.2, 0.25) is 0 Å². The predicted octanol–water partition coefficient (Wildman–Crippen LogP) is 2.47. The molecule has 1 aliphatic rings. The van der Waals surface area contributed by atoms with Crippen LogP contribution < -0.4 is 20.1 Å². The lowest BCUT2D eigenvalue weighted by Crippen LogP contribution is -2.45. The van der Waals surface area contributed by atoms with Crippen molar-refractivity contribution >= 4 is 23.0 Å². The first-order valence-corrected chi connectivity index (χ1v) is 8.09. The molecule has 0 amide bonds. The van der Waals surface area contributed by atoms with E-state index in [0.717, 1.165) is 38.2 Å². The highest BCUT2D eigenvalue weighted by atomic mass is 32.1. The fourth-order valence-corrected chi connectivity index (χ4v) is 2.94. The van der Waals surface area contributed by atoms with Crippen LogP contribution in [0.3, 0.4) is 0 Å². The van der Waals surface area contributed by atoms with Gasteiger partial charge in [-0.3, -0.25) is 0 Å². The van der Waals surface area contributed by atoms with Crippen LogP contribution in [-0.4, -0.2) is 49.9 Å². The van der Waals surface area contributed by atoms with E-state index in [1.807, 2.05) is 18.2 Å². The molecule has 6 heteroatoms. The van der Waals surface area contributed by atoms with Crippen molar-refractivity contribution in [3.8, 4) is 11.5 Å². The van der Waals surface area contributed by atoms with Crippen LogP contribution in [0.1, 0.15) is 19.8 Å². The van der Waals surface area contributed by atoms with Crippen LogP contribution in [0, 0.1) is 0 Å². The van der Waals surface area contributed by atoms with Crippen molar-refractivity contribution < 1.29 is 9.47 Å². The van der Waals surface area contributed by atoms with Gasteiger partial charge in [0.25, 0.3) is 0 Å². The summed E-state index contributed by atoms with van der Waals surface area (Å²) in [5.41, 5.74) is 0.890. The Kier molecular flexibility index (Phi) is 6.27. The molecule has 1 saturated heterocycles. The SMILES string of the molecule is CCN1CCC(NC(=S)Nc2ccc(OC)c(OC)c2)CC1. The Bertz CT molecular complexity index is 502. The van der Waals surface area contributed by atoms with Crippen LogP contribution >= 0.6 is 12.2 Å². The van der Waals surface area contributed by atoms with E-state index in [-0.39, 0.29) is 0 Å². The van der Waals surface area contributed by atoms with E-state index in [4.69, 9.17) is 21.7 Å². The first-order valence-electron chi connectivity index (χ1n) is 7.68. The zero-order chi connectivity index (χ0) is 15.9. The molecular weight excluding hydrogens is 298 g/mol. The van der Waals surface area contributed by atoms with Gasteiger partial charge in [0, 0.05) is 30.9 Å². The number of piperidine rings is 1. The van der Waals surface area contributed by atoms with Crippen LogP contribution in [0.15, 0.2) is 18.2 Å². The lowest BCUT2D eigenvalue weighted by Gasteiger charge is -2.32. The summed E-state index contributed by atoms with van der Waals surface area (Å²) < 4.78 is 10.5. The normalized spacial score (nSPS) is 16.1. The molecule has 0 unspecified atom stereocenters. The van der Waals surface area contributed by atoms with Crippen LogP contribution in [0.5, 0.6) is 11.5 Å². The first-order chi connectivity index (χ1) is 10.7. The Balaban J connectivity index is 1.87. The van der Waals surface area contributed by atoms with E-state index < -0.39 is 0 Å². The van der Waals surface area contributed by atoms with Crippen LogP contribution in [-0.2, 0) is 0 Å². The van der Waals surface area contributed by atoms with E-state index >= 15 is 0 Å². The molecule has 0 bridgehead atoms. The Morgan fingerprint density at radius 2 is 1.91 bits per heavy atom. The van der Waals surface area contributed by atoms with Crippen molar-refractivity contribution in [1.29, 1.82) is 0 Å². The minimum absolute atomic E-state index is 0.447. The van der Waals surface area contributed by atoms with Gasteiger partial charge in [0.1, 0.15) is 0 Å². The van der Waals surface area contributed by atoms with Crippen molar-refractivity contribution in [2.75, 3.05) is 39.2 Å². The molecule has 0 aromatic heterocycles. The molecular formula is C16H25N3O2S. The topological polar surface area (TPSA) is 45.8 Å². The average molecular weight is 323 g/mol. The van der Waals surface area contributed by atoms with Crippen molar-refractivity contribution in [2.24, 2.45) is 0 Å². The summed E-state index contributed by atoms with van der Waals surface area (Å²) in [6.45, 7) is 5.60. The number of thiocarbonyl (C=S) groups is 1. The smallest absolute Gasteiger partial charge is 0.170 e. The molecule has 2 N–H and O–H groups in total. The van der Waals surface area contributed by atoms with E-state index in [9.17, 15) is 0 Å². The average Bonchev–Trinajstić information content (AvgIpc) is 2.55. The van der Waals surface area contributed by atoms with Gasteiger partial charge in [-0.15, -0.1) is 0 Å². The highest BCUT2D eigenvalue weighted by molar-refractivity contribution is 7.80. The zero-order valence-electron chi connectivity index (χ0n) is 13.5. The van der Waals surface area contributed by atoms with Gasteiger partial charge in [0.05, 0.1) is 14.2 Å². The summed E-state index contributed by atoms with van der Waals surface area (Å²) in [5, 5.41) is 7.27. The number of methoxy groups -OCH3 is 2. The Hall–Kier alpha value is -1.53. The monoisotopic (exact) mass is 323 g/mol. The molecule has 22 heavy (non-hydrogen) atoms. The summed E-state index contributed by atoms with van der Waals surface area (Å²) in [6, 6.07) is 6.12. The van der Waals surface area contributed by atoms with Gasteiger partial charge in [-0.25, -0.2) is 0 Å². The van der Waals surface area contributed by atoms with Gasteiger partial charge in [0.15, 0.2) is 16.6 Å². The number of hydrogen-bond donors (Lipinski definition) is 2. The number of ether oxygens (including phenoxy) is 2. The molecule has 1 aliphatic heterocycles. The molecule has 5 nitrogen and oxygen atoms in total.